The van der Waals surface area contributed by atoms with Gasteiger partial charge in [-0.15, -0.1) is 0 Å². The molecule has 1 aliphatic heterocycles. The van der Waals surface area contributed by atoms with E-state index in [0.717, 1.165) is 0 Å². The summed E-state index contributed by atoms with van der Waals surface area (Å²) >= 11 is 0. The lowest BCUT2D eigenvalue weighted by atomic mass is 9.87. The first-order chi connectivity index (χ1) is 12.1. The van der Waals surface area contributed by atoms with Crippen LogP contribution in [0.15, 0.2) is 18.3 Å². The lowest BCUT2D eigenvalue weighted by Crippen LogP contribution is -2.47. The number of nitrogens with zero attached hydrogens (tertiary/aromatic N) is 2. The molecule has 0 aromatic carbocycles. The Hall–Kier alpha value is -2.18. The number of carbonyl (C=O) groups is 2. The molecule has 0 bridgehead atoms. The van der Waals surface area contributed by atoms with E-state index in [1.54, 1.807) is 44.7 Å². The van der Waals surface area contributed by atoms with Gasteiger partial charge in [-0.3, -0.25) is 0 Å². The fraction of sp³-hybridized carbons (Fsp3) is 0.632. The summed E-state index contributed by atoms with van der Waals surface area (Å²) in [6, 6.07) is 3.24. The Kier molecular flexibility index (Phi) is 6.21. The van der Waals surface area contributed by atoms with Gasteiger partial charge in [0.2, 0.25) is 0 Å². The van der Waals surface area contributed by atoms with Crippen LogP contribution in [0.1, 0.15) is 56.6 Å². The van der Waals surface area contributed by atoms with Gasteiger partial charge in [0.1, 0.15) is 17.0 Å². The third-order valence-corrected chi connectivity index (χ3v) is 4.14. The van der Waals surface area contributed by atoms with E-state index < -0.39 is 23.3 Å². The molecule has 0 N–H and O–H groups in total. The summed E-state index contributed by atoms with van der Waals surface area (Å²) in [6.07, 6.45) is 1.79. The van der Waals surface area contributed by atoms with E-state index in [0.29, 0.717) is 18.7 Å². The molecule has 144 valence electrons. The van der Waals surface area contributed by atoms with Crippen molar-refractivity contribution in [2.45, 2.75) is 58.2 Å². The molecule has 0 atom stereocenters. The van der Waals surface area contributed by atoms with Crippen LogP contribution in [-0.4, -0.2) is 52.9 Å². The molecule has 1 aromatic heterocycles. The summed E-state index contributed by atoms with van der Waals surface area (Å²) in [5.74, 6) is -0.486. The Balaban J connectivity index is 1.91. The minimum absolute atomic E-state index is 0.200. The standard InChI is InChI=1S/C19H27FN2O4/c1-5-25-16(23)15-7-6-14(13-21-15)12-19(20)8-10-22(11-9-19)17(24)26-18(2,3)4/h6-7,13H,5,8-12H2,1-4H3. The van der Waals surface area contributed by atoms with Crippen LogP contribution in [0.5, 0.6) is 0 Å². The van der Waals surface area contributed by atoms with Crippen LogP contribution in [0.3, 0.4) is 0 Å². The van der Waals surface area contributed by atoms with Gasteiger partial charge in [0.05, 0.1) is 6.61 Å². The lowest BCUT2D eigenvalue weighted by Gasteiger charge is -2.37. The molecule has 0 unspecified atom stereocenters. The molecule has 0 aliphatic carbocycles. The number of rotatable bonds is 4. The number of alkyl halides is 1. The third kappa shape index (κ3) is 5.68. The van der Waals surface area contributed by atoms with Crippen LogP contribution in [0.2, 0.25) is 0 Å². The molecule has 1 fully saturated rings. The number of pyridine rings is 1. The van der Waals surface area contributed by atoms with Gasteiger partial charge in [-0.25, -0.2) is 19.0 Å². The van der Waals surface area contributed by atoms with Crippen molar-refractivity contribution in [3.05, 3.63) is 29.6 Å². The summed E-state index contributed by atoms with van der Waals surface area (Å²) in [7, 11) is 0. The zero-order chi connectivity index (χ0) is 19.4. The van der Waals surface area contributed by atoms with Crippen molar-refractivity contribution >= 4 is 12.1 Å². The maximum absolute atomic E-state index is 15.1. The van der Waals surface area contributed by atoms with E-state index in [4.69, 9.17) is 9.47 Å². The average molecular weight is 366 g/mol. The van der Waals surface area contributed by atoms with Crippen molar-refractivity contribution in [3.63, 3.8) is 0 Å². The molecule has 6 nitrogen and oxygen atoms in total. The van der Waals surface area contributed by atoms with E-state index in [1.807, 2.05) is 0 Å². The topological polar surface area (TPSA) is 68.7 Å². The summed E-state index contributed by atoms with van der Waals surface area (Å²) < 4.78 is 25.3. The molecular weight excluding hydrogens is 339 g/mol. The highest BCUT2D eigenvalue weighted by molar-refractivity contribution is 5.87. The molecule has 26 heavy (non-hydrogen) atoms. The van der Waals surface area contributed by atoms with Crippen molar-refractivity contribution in [1.29, 1.82) is 0 Å². The normalized spacial score (nSPS) is 16.9. The van der Waals surface area contributed by atoms with Crippen LogP contribution >= 0.6 is 0 Å². The number of ether oxygens (including phenoxy) is 2. The van der Waals surface area contributed by atoms with E-state index in [9.17, 15) is 9.59 Å². The Labute approximate surface area is 153 Å². The highest BCUT2D eigenvalue weighted by atomic mass is 19.1. The van der Waals surface area contributed by atoms with Crippen molar-refractivity contribution in [2.75, 3.05) is 19.7 Å². The molecule has 2 heterocycles. The van der Waals surface area contributed by atoms with Gasteiger partial charge in [-0.1, -0.05) is 6.07 Å². The van der Waals surface area contributed by atoms with Crippen LogP contribution in [0.4, 0.5) is 9.18 Å². The third-order valence-electron chi connectivity index (χ3n) is 4.14. The minimum Gasteiger partial charge on any atom is -0.461 e. The second-order valence-corrected chi connectivity index (χ2v) is 7.57. The van der Waals surface area contributed by atoms with Gasteiger partial charge < -0.3 is 14.4 Å². The number of halogens is 1. The summed E-state index contributed by atoms with van der Waals surface area (Å²) in [4.78, 5) is 29.3. The van der Waals surface area contributed by atoms with Crippen molar-refractivity contribution in [1.82, 2.24) is 9.88 Å². The Morgan fingerprint density at radius 3 is 2.42 bits per heavy atom. The van der Waals surface area contributed by atoms with E-state index in [2.05, 4.69) is 4.98 Å². The van der Waals surface area contributed by atoms with Crippen LogP contribution in [-0.2, 0) is 15.9 Å². The predicted molar refractivity (Wildman–Crippen MR) is 94.8 cm³/mol. The summed E-state index contributed by atoms with van der Waals surface area (Å²) in [5, 5.41) is 0. The molecule has 1 aromatic rings. The number of amides is 1. The fourth-order valence-corrected chi connectivity index (χ4v) is 2.81. The first kappa shape index (κ1) is 20.1. The lowest BCUT2D eigenvalue weighted by molar-refractivity contribution is 0.00337. The Morgan fingerprint density at radius 1 is 1.27 bits per heavy atom. The van der Waals surface area contributed by atoms with Gasteiger partial charge in [-0.05, 0) is 52.2 Å². The van der Waals surface area contributed by atoms with Crippen molar-refractivity contribution < 1.29 is 23.5 Å². The Bertz CT molecular complexity index is 632. The first-order valence-corrected chi connectivity index (χ1v) is 8.91. The molecule has 1 amide bonds. The van der Waals surface area contributed by atoms with Gasteiger partial charge in [0, 0.05) is 25.7 Å². The number of hydrogen-bond donors (Lipinski definition) is 0. The molecule has 2 rings (SSSR count). The monoisotopic (exact) mass is 366 g/mol. The molecule has 1 saturated heterocycles. The van der Waals surface area contributed by atoms with E-state index in [-0.39, 0.29) is 31.6 Å². The number of hydrogen-bond acceptors (Lipinski definition) is 5. The molecule has 1 aliphatic rings. The second-order valence-electron chi connectivity index (χ2n) is 7.57. The molecule has 7 heteroatoms. The first-order valence-electron chi connectivity index (χ1n) is 8.91. The van der Waals surface area contributed by atoms with Crippen LogP contribution in [0, 0.1) is 0 Å². The molecule has 0 saturated carbocycles. The van der Waals surface area contributed by atoms with Crippen molar-refractivity contribution in [3.8, 4) is 0 Å². The number of carbonyl (C=O) groups excluding carboxylic acids is 2. The Morgan fingerprint density at radius 2 is 1.92 bits per heavy atom. The zero-order valence-electron chi connectivity index (χ0n) is 15.9. The highest BCUT2D eigenvalue weighted by Gasteiger charge is 2.37. The summed E-state index contributed by atoms with van der Waals surface area (Å²) in [6.45, 7) is 8.07. The second kappa shape index (κ2) is 8.01. The molecular formula is C19H27FN2O4. The average Bonchev–Trinajstić information content (AvgIpc) is 2.54. The summed E-state index contributed by atoms with van der Waals surface area (Å²) in [5.41, 5.74) is -1.03. The smallest absolute Gasteiger partial charge is 0.410 e. The van der Waals surface area contributed by atoms with Gasteiger partial charge >= 0.3 is 12.1 Å². The van der Waals surface area contributed by atoms with E-state index in [1.165, 1.54) is 6.20 Å². The van der Waals surface area contributed by atoms with Crippen molar-refractivity contribution in [2.24, 2.45) is 0 Å². The number of esters is 1. The quantitative estimate of drug-likeness (QED) is 0.763. The molecule has 0 radical (unpaired) electrons. The van der Waals surface area contributed by atoms with Crippen LogP contribution in [0.25, 0.3) is 0 Å². The SMILES string of the molecule is CCOC(=O)c1ccc(CC2(F)CCN(C(=O)OC(C)(C)C)CC2)cn1. The van der Waals surface area contributed by atoms with Gasteiger partial charge in [-0.2, -0.15) is 0 Å². The zero-order valence-corrected chi connectivity index (χ0v) is 15.9. The number of aromatic nitrogens is 1. The van der Waals surface area contributed by atoms with Crippen LogP contribution < -0.4 is 0 Å². The molecule has 0 spiro atoms. The van der Waals surface area contributed by atoms with E-state index >= 15 is 4.39 Å². The predicted octanol–water partition coefficient (Wildman–Crippen LogP) is 3.54. The largest absolute Gasteiger partial charge is 0.461 e. The fourth-order valence-electron chi connectivity index (χ4n) is 2.81. The maximum Gasteiger partial charge on any atom is 0.410 e. The minimum atomic E-state index is -1.40. The maximum atomic E-state index is 15.1. The van der Waals surface area contributed by atoms with Gasteiger partial charge in [0.15, 0.2) is 0 Å². The number of likely N-dealkylation sites (tertiary alicyclic amines) is 1. The highest BCUT2D eigenvalue weighted by Crippen LogP contribution is 2.31. The number of piperidine rings is 1. The van der Waals surface area contributed by atoms with Gasteiger partial charge in [0.25, 0.3) is 0 Å².